The fourth-order valence-electron chi connectivity index (χ4n) is 2.93. The zero-order chi connectivity index (χ0) is 16.6. The van der Waals surface area contributed by atoms with Gasteiger partial charge in [0, 0.05) is 32.4 Å². The van der Waals surface area contributed by atoms with Gasteiger partial charge in [-0.25, -0.2) is 4.39 Å². The first-order valence-corrected chi connectivity index (χ1v) is 7.90. The van der Waals surface area contributed by atoms with Crippen molar-refractivity contribution in [3.63, 3.8) is 0 Å². The second kappa shape index (κ2) is 6.28. The van der Waals surface area contributed by atoms with Crippen molar-refractivity contribution in [1.29, 1.82) is 0 Å². The fraction of sp³-hybridized carbons (Fsp3) is 0.438. The maximum atomic E-state index is 13.1. The van der Waals surface area contributed by atoms with Gasteiger partial charge in [0.15, 0.2) is 0 Å². The summed E-state index contributed by atoms with van der Waals surface area (Å²) in [6.07, 6.45) is 1.31. The summed E-state index contributed by atoms with van der Waals surface area (Å²) in [7, 11) is 0. The Morgan fingerprint density at radius 3 is 2.48 bits per heavy atom. The van der Waals surface area contributed by atoms with Crippen molar-refractivity contribution in [2.75, 3.05) is 13.1 Å². The molecule has 2 fully saturated rings. The molecule has 3 amide bonds. The first kappa shape index (κ1) is 15.9. The summed E-state index contributed by atoms with van der Waals surface area (Å²) < 4.78 is 13.1. The Kier molecular flexibility index (Phi) is 4.35. The van der Waals surface area contributed by atoms with Gasteiger partial charge in [-0.3, -0.25) is 19.3 Å². The molecule has 2 heterocycles. The Labute approximate surface area is 138 Å². The van der Waals surface area contributed by atoms with Crippen LogP contribution in [0.1, 0.15) is 24.8 Å². The Hall–Kier alpha value is -1.95. The van der Waals surface area contributed by atoms with Gasteiger partial charge in [0.05, 0.1) is 11.1 Å². The van der Waals surface area contributed by atoms with Crippen molar-refractivity contribution in [3.8, 4) is 0 Å². The molecule has 2 saturated heterocycles. The van der Waals surface area contributed by atoms with Gasteiger partial charge in [0.25, 0.3) is 0 Å². The van der Waals surface area contributed by atoms with Crippen LogP contribution in [0.25, 0.3) is 0 Å². The molecule has 0 aromatic heterocycles. The van der Waals surface area contributed by atoms with E-state index < -0.39 is 5.82 Å². The number of halogens is 2. The maximum absolute atomic E-state index is 13.1. The van der Waals surface area contributed by atoms with Gasteiger partial charge in [-0.1, -0.05) is 17.7 Å². The average Bonchev–Trinajstić information content (AvgIpc) is 2.79. The molecule has 0 saturated carbocycles. The number of nitrogens with zero attached hydrogens (tertiary/aromatic N) is 2. The van der Waals surface area contributed by atoms with E-state index in [4.69, 9.17) is 11.6 Å². The molecule has 0 radical (unpaired) electrons. The van der Waals surface area contributed by atoms with E-state index in [1.165, 1.54) is 17.0 Å². The van der Waals surface area contributed by atoms with E-state index >= 15 is 0 Å². The zero-order valence-corrected chi connectivity index (χ0v) is 13.2. The van der Waals surface area contributed by atoms with Crippen LogP contribution in [0.2, 0.25) is 5.02 Å². The third kappa shape index (κ3) is 3.22. The zero-order valence-electron chi connectivity index (χ0n) is 12.4. The molecule has 0 bridgehead atoms. The van der Waals surface area contributed by atoms with Crippen molar-refractivity contribution in [2.45, 2.75) is 31.7 Å². The number of carbonyl (C=O) groups excluding carboxylic acids is 3. The predicted molar refractivity (Wildman–Crippen MR) is 81.2 cm³/mol. The number of hydrogen-bond acceptors (Lipinski definition) is 3. The van der Waals surface area contributed by atoms with Crippen LogP contribution in [0.3, 0.4) is 0 Å². The summed E-state index contributed by atoms with van der Waals surface area (Å²) in [6, 6.07) is 4.23. The number of carbonyl (C=O) groups is 3. The molecule has 7 heteroatoms. The summed E-state index contributed by atoms with van der Waals surface area (Å²) >= 11 is 5.71. The van der Waals surface area contributed by atoms with Crippen LogP contribution in [0.5, 0.6) is 0 Å². The van der Waals surface area contributed by atoms with E-state index in [2.05, 4.69) is 0 Å². The number of rotatable bonds is 4. The van der Waals surface area contributed by atoms with Gasteiger partial charge >= 0.3 is 0 Å². The SMILES string of the molecule is O=C(CCc1ccc(F)c(Cl)c1)N1CC(N2C(=O)CCC2=O)C1. The number of likely N-dealkylation sites (tertiary alicyclic amines) is 2. The standard InChI is InChI=1S/C16H16ClFN2O3/c17-12-7-10(1-3-13(12)18)2-4-14(21)19-8-11(9-19)20-15(22)5-6-16(20)23/h1,3,7,11H,2,4-6,8-9H2. The van der Waals surface area contributed by atoms with Gasteiger partial charge < -0.3 is 4.90 Å². The monoisotopic (exact) mass is 338 g/mol. The lowest BCUT2D eigenvalue weighted by atomic mass is 10.0. The molecule has 2 aliphatic heterocycles. The Morgan fingerprint density at radius 2 is 1.87 bits per heavy atom. The van der Waals surface area contributed by atoms with Crippen molar-refractivity contribution in [3.05, 3.63) is 34.6 Å². The van der Waals surface area contributed by atoms with Crippen LogP contribution < -0.4 is 0 Å². The number of benzene rings is 1. The summed E-state index contributed by atoms with van der Waals surface area (Å²) in [5.41, 5.74) is 0.798. The van der Waals surface area contributed by atoms with Crippen LogP contribution in [-0.4, -0.2) is 46.7 Å². The molecule has 0 spiro atoms. The number of imide groups is 1. The minimum Gasteiger partial charge on any atom is -0.338 e. The Morgan fingerprint density at radius 1 is 1.22 bits per heavy atom. The minimum atomic E-state index is -0.479. The molecule has 122 valence electrons. The van der Waals surface area contributed by atoms with Gasteiger partial charge in [-0.15, -0.1) is 0 Å². The maximum Gasteiger partial charge on any atom is 0.230 e. The van der Waals surface area contributed by atoms with Crippen molar-refractivity contribution in [1.82, 2.24) is 9.80 Å². The van der Waals surface area contributed by atoms with Crippen LogP contribution in [0, 0.1) is 5.82 Å². The molecule has 0 unspecified atom stereocenters. The summed E-state index contributed by atoms with van der Waals surface area (Å²) in [6.45, 7) is 0.807. The second-order valence-corrected chi connectivity index (χ2v) is 6.27. The summed E-state index contributed by atoms with van der Waals surface area (Å²) in [4.78, 5) is 38.3. The lowest BCUT2D eigenvalue weighted by molar-refractivity contribution is -0.151. The third-order valence-electron chi connectivity index (χ3n) is 4.28. The molecular weight excluding hydrogens is 323 g/mol. The van der Waals surface area contributed by atoms with Crippen LogP contribution in [0.4, 0.5) is 4.39 Å². The fourth-order valence-corrected chi connectivity index (χ4v) is 3.13. The molecule has 0 aliphatic carbocycles. The van der Waals surface area contributed by atoms with Crippen molar-refractivity contribution in [2.24, 2.45) is 0 Å². The smallest absolute Gasteiger partial charge is 0.230 e. The largest absolute Gasteiger partial charge is 0.338 e. The summed E-state index contributed by atoms with van der Waals surface area (Å²) in [5.74, 6) is -0.811. The topological polar surface area (TPSA) is 57.7 Å². The van der Waals surface area contributed by atoms with E-state index in [0.717, 1.165) is 5.56 Å². The van der Waals surface area contributed by atoms with Gasteiger partial charge in [0.1, 0.15) is 5.82 Å². The lowest BCUT2D eigenvalue weighted by Crippen LogP contribution is -2.62. The molecule has 2 aliphatic rings. The number of hydrogen-bond donors (Lipinski definition) is 0. The molecular formula is C16H16ClFN2O3. The van der Waals surface area contributed by atoms with Gasteiger partial charge in [0.2, 0.25) is 17.7 Å². The van der Waals surface area contributed by atoms with Crippen LogP contribution in [0.15, 0.2) is 18.2 Å². The van der Waals surface area contributed by atoms with Crippen LogP contribution in [-0.2, 0) is 20.8 Å². The number of amides is 3. The number of aryl methyl sites for hydroxylation is 1. The molecule has 0 N–H and O–H groups in total. The third-order valence-corrected chi connectivity index (χ3v) is 4.57. The predicted octanol–water partition coefficient (Wildman–Crippen LogP) is 1.77. The Balaban J connectivity index is 1.48. The highest BCUT2D eigenvalue weighted by Crippen LogP contribution is 2.23. The highest BCUT2D eigenvalue weighted by Gasteiger charge is 2.42. The first-order chi connectivity index (χ1) is 11.0. The molecule has 3 rings (SSSR count). The van der Waals surface area contributed by atoms with E-state index in [0.29, 0.717) is 19.5 Å². The lowest BCUT2D eigenvalue weighted by Gasteiger charge is -2.43. The first-order valence-electron chi connectivity index (χ1n) is 7.52. The summed E-state index contributed by atoms with van der Waals surface area (Å²) in [5, 5.41) is 0.0463. The quantitative estimate of drug-likeness (QED) is 0.786. The van der Waals surface area contributed by atoms with Crippen molar-refractivity contribution >= 4 is 29.3 Å². The molecule has 1 aromatic carbocycles. The van der Waals surface area contributed by atoms with E-state index in [9.17, 15) is 18.8 Å². The molecule has 1 aromatic rings. The highest BCUT2D eigenvalue weighted by atomic mass is 35.5. The minimum absolute atomic E-state index is 0.0409. The molecule has 5 nitrogen and oxygen atoms in total. The van der Waals surface area contributed by atoms with E-state index in [1.807, 2.05) is 0 Å². The Bertz CT molecular complexity index is 657. The normalized spacial score (nSPS) is 18.5. The van der Waals surface area contributed by atoms with E-state index in [1.54, 1.807) is 11.0 Å². The van der Waals surface area contributed by atoms with Crippen LogP contribution >= 0.6 is 11.6 Å². The van der Waals surface area contributed by atoms with Gasteiger partial charge in [-0.2, -0.15) is 0 Å². The average molecular weight is 339 g/mol. The molecule has 23 heavy (non-hydrogen) atoms. The van der Waals surface area contributed by atoms with E-state index in [-0.39, 0.29) is 48.0 Å². The second-order valence-electron chi connectivity index (χ2n) is 5.86. The van der Waals surface area contributed by atoms with Crippen molar-refractivity contribution < 1.29 is 18.8 Å². The molecule has 0 atom stereocenters. The van der Waals surface area contributed by atoms with Gasteiger partial charge in [-0.05, 0) is 24.1 Å². The highest BCUT2D eigenvalue weighted by molar-refractivity contribution is 6.30.